The highest BCUT2D eigenvalue weighted by atomic mass is 19.2. The fourth-order valence-electron chi connectivity index (χ4n) is 5.37. The van der Waals surface area contributed by atoms with Gasteiger partial charge in [-0.3, -0.25) is 19.7 Å². The summed E-state index contributed by atoms with van der Waals surface area (Å²) in [4.78, 5) is 27.5. The number of ether oxygens (including phenoxy) is 1. The number of nitrogens with one attached hydrogen (secondary N) is 2. The number of hydrogen-bond acceptors (Lipinski definition) is 6. The number of nitrogens with two attached hydrogens (primary N) is 1. The quantitative estimate of drug-likeness (QED) is 0.280. The molecule has 0 saturated carbocycles. The Hall–Kier alpha value is -4.62. The van der Waals surface area contributed by atoms with Crippen molar-refractivity contribution in [2.45, 2.75) is 24.9 Å². The summed E-state index contributed by atoms with van der Waals surface area (Å²) < 4.78 is 36.4. The third kappa shape index (κ3) is 5.87. The topological polar surface area (TPSA) is 132 Å². The third-order valence-electron chi connectivity index (χ3n) is 7.46. The molecule has 1 saturated heterocycles. The summed E-state index contributed by atoms with van der Waals surface area (Å²) in [7, 11) is 3.27. The Balaban J connectivity index is 1.45. The first-order chi connectivity index (χ1) is 20.2. The van der Waals surface area contributed by atoms with E-state index in [1.807, 2.05) is 50.5 Å². The van der Waals surface area contributed by atoms with Gasteiger partial charge in [0.25, 0.3) is 0 Å². The number of benzene rings is 2. The Kier molecular flexibility index (Phi) is 8.31. The number of primary amides is 1. The number of urea groups is 1. The lowest BCUT2D eigenvalue weighted by molar-refractivity contribution is -0.124. The maximum atomic E-state index is 14.2. The van der Waals surface area contributed by atoms with Crippen LogP contribution in [0.4, 0.5) is 19.4 Å². The first kappa shape index (κ1) is 28.9. The van der Waals surface area contributed by atoms with Crippen LogP contribution in [0, 0.1) is 18.6 Å². The number of aryl methyl sites for hydroxylation is 1. The average molecular weight is 579 g/mol. The number of anilines is 1. The molecule has 0 spiro atoms. The van der Waals surface area contributed by atoms with E-state index < -0.39 is 41.6 Å². The van der Waals surface area contributed by atoms with Crippen molar-refractivity contribution >= 4 is 17.8 Å². The first-order valence-electron chi connectivity index (χ1n) is 13.3. The van der Waals surface area contributed by atoms with Crippen LogP contribution in [0.1, 0.15) is 17.0 Å². The van der Waals surface area contributed by atoms with E-state index in [0.29, 0.717) is 17.1 Å². The maximum absolute atomic E-state index is 14.2. The van der Waals surface area contributed by atoms with Crippen LogP contribution in [0.2, 0.25) is 0 Å². The van der Waals surface area contributed by atoms with Gasteiger partial charge in [0.05, 0.1) is 24.5 Å². The number of nitrogens with zero attached hydrogens (tertiary/aromatic N) is 5. The summed E-state index contributed by atoms with van der Waals surface area (Å²) in [5, 5.41) is 14.9. The summed E-state index contributed by atoms with van der Waals surface area (Å²) in [6.45, 7) is 2.39. The molecule has 1 fully saturated rings. The van der Waals surface area contributed by atoms with Crippen molar-refractivity contribution in [2.75, 3.05) is 32.1 Å². The summed E-state index contributed by atoms with van der Waals surface area (Å²) in [5.41, 5.74) is 9.01. The van der Waals surface area contributed by atoms with Gasteiger partial charge in [0.2, 0.25) is 5.91 Å². The number of methoxy groups -OCH3 is 1. The predicted octanol–water partition coefficient (Wildman–Crippen LogP) is 2.95. The van der Waals surface area contributed by atoms with Gasteiger partial charge < -0.3 is 15.8 Å². The molecule has 1 aliphatic rings. The molecule has 4 aromatic rings. The van der Waals surface area contributed by atoms with Crippen molar-refractivity contribution in [3.63, 3.8) is 0 Å². The molecular weight excluding hydrogens is 546 g/mol. The Morgan fingerprint density at radius 2 is 1.90 bits per heavy atom. The SMILES string of the molecule is COCC(C(N)=O)N1C[C@@H](NC(=O)Nc2c(C)c(-c3cnn(C)c3)nn2-c2ccccc2)[C@H](c2ccc(F)c(F)c2)C1. The van der Waals surface area contributed by atoms with Crippen LogP contribution in [0.3, 0.4) is 0 Å². The van der Waals surface area contributed by atoms with E-state index >= 15 is 0 Å². The number of amides is 3. The number of carbonyl (C=O) groups excluding carboxylic acids is 2. The van der Waals surface area contributed by atoms with Gasteiger partial charge in [-0.15, -0.1) is 0 Å². The fourth-order valence-corrected chi connectivity index (χ4v) is 5.37. The van der Waals surface area contributed by atoms with Crippen LogP contribution in [0.15, 0.2) is 60.9 Å². The standard InChI is InChI=1S/C29H32F2N8O3/c1-17-26(19-12-33-37(2)13-19)36-39(20-7-5-4-6-8-20)28(17)35-29(41)34-24-15-38(25(16-42-3)27(32)40)14-21(24)18-9-10-22(30)23(31)11-18/h4-13,21,24-25H,14-16H2,1-3H3,(H2,32,40)(H2,34,35,41)/t21-,24+,25?/m0/s1. The number of hydrogen-bond donors (Lipinski definition) is 3. The number of aromatic nitrogens is 4. The zero-order valence-electron chi connectivity index (χ0n) is 23.4. The molecule has 1 unspecified atom stereocenters. The van der Waals surface area contributed by atoms with Crippen LogP contribution >= 0.6 is 0 Å². The molecule has 0 aliphatic carbocycles. The number of para-hydroxylation sites is 1. The van der Waals surface area contributed by atoms with Crippen LogP contribution in [-0.4, -0.2) is 75.3 Å². The first-order valence-corrected chi connectivity index (χ1v) is 13.3. The minimum Gasteiger partial charge on any atom is -0.383 e. The van der Waals surface area contributed by atoms with Gasteiger partial charge in [0.15, 0.2) is 11.6 Å². The van der Waals surface area contributed by atoms with E-state index in [2.05, 4.69) is 15.7 Å². The zero-order chi connectivity index (χ0) is 30.0. The highest BCUT2D eigenvalue weighted by Crippen LogP contribution is 2.32. The Morgan fingerprint density at radius 1 is 1.14 bits per heavy atom. The zero-order valence-corrected chi connectivity index (χ0v) is 23.4. The van der Waals surface area contributed by atoms with Gasteiger partial charge in [-0.05, 0) is 36.8 Å². The lowest BCUT2D eigenvalue weighted by Gasteiger charge is -2.24. The van der Waals surface area contributed by atoms with Crippen molar-refractivity contribution in [3.8, 4) is 16.9 Å². The predicted molar refractivity (Wildman–Crippen MR) is 152 cm³/mol. The molecule has 0 radical (unpaired) electrons. The largest absolute Gasteiger partial charge is 0.383 e. The van der Waals surface area contributed by atoms with E-state index in [4.69, 9.17) is 15.6 Å². The monoisotopic (exact) mass is 578 g/mol. The summed E-state index contributed by atoms with van der Waals surface area (Å²) in [5.74, 6) is -2.57. The van der Waals surface area contributed by atoms with E-state index in [1.54, 1.807) is 20.5 Å². The number of likely N-dealkylation sites (tertiary alicyclic amines) is 1. The average Bonchev–Trinajstić information content (AvgIpc) is 3.66. The fraction of sp³-hybridized carbons (Fsp3) is 0.310. The lowest BCUT2D eigenvalue weighted by Crippen LogP contribution is -2.48. The van der Waals surface area contributed by atoms with Crippen LogP contribution in [0.25, 0.3) is 16.9 Å². The normalized spacial score (nSPS) is 17.7. The van der Waals surface area contributed by atoms with Gasteiger partial charge in [-0.1, -0.05) is 24.3 Å². The van der Waals surface area contributed by atoms with E-state index in [1.165, 1.54) is 13.2 Å². The minimum atomic E-state index is -0.997. The second-order valence-electron chi connectivity index (χ2n) is 10.3. The Morgan fingerprint density at radius 3 is 2.55 bits per heavy atom. The van der Waals surface area contributed by atoms with Gasteiger partial charge >= 0.3 is 6.03 Å². The van der Waals surface area contributed by atoms with Crippen LogP contribution < -0.4 is 16.4 Å². The van der Waals surface area contributed by atoms with E-state index in [-0.39, 0.29) is 19.7 Å². The van der Waals surface area contributed by atoms with Crippen molar-refractivity contribution < 1.29 is 23.1 Å². The molecule has 11 nitrogen and oxygen atoms in total. The molecule has 0 bridgehead atoms. The molecular formula is C29H32F2N8O3. The van der Waals surface area contributed by atoms with Crippen LogP contribution in [0.5, 0.6) is 0 Å². The highest BCUT2D eigenvalue weighted by Gasteiger charge is 2.40. The summed E-state index contributed by atoms with van der Waals surface area (Å²) in [6, 6.07) is 11.1. The van der Waals surface area contributed by atoms with Gasteiger partial charge in [0.1, 0.15) is 17.6 Å². The number of carbonyl (C=O) groups is 2. The number of halogens is 2. The lowest BCUT2D eigenvalue weighted by atomic mass is 9.94. The van der Waals surface area contributed by atoms with Crippen molar-refractivity contribution in [1.29, 1.82) is 0 Å². The van der Waals surface area contributed by atoms with Crippen LogP contribution in [-0.2, 0) is 16.6 Å². The molecule has 5 rings (SSSR count). The van der Waals surface area contributed by atoms with Crippen molar-refractivity contribution in [3.05, 3.63) is 83.7 Å². The molecule has 3 amide bonds. The van der Waals surface area contributed by atoms with Gasteiger partial charge in [0, 0.05) is 50.5 Å². The van der Waals surface area contributed by atoms with E-state index in [0.717, 1.165) is 28.9 Å². The van der Waals surface area contributed by atoms with Crippen molar-refractivity contribution in [2.24, 2.45) is 12.8 Å². The Labute approximate surface area is 241 Å². The molecule has 220 valence electrons. The molecule has 42 heavy (non-hydrogen) atoms. The molecule has 3 heterocycles. The maximum Gasteiger partial charge on any atom is 0.320 e. The molecule has 1 aliphatic heterocycles. The van der Waals surface area contributed by atoms with Gasteiger partial charge in [-0.2, -0.15) is 10.2 Å². The number of rotatable bonds is 9. The second-order valence-corrected chi connectivity index (χ2v) is 10.3. The summed E-state index contributed by atoms with van der Waals surface area (Å²) >= 11 is 0. The highest BCUT2D eigenvalue weighted by molar-refractivity contribution is 5.91. The molecule has 13 heteroatoms. The molecule has 2 aromatic heterocycles. The minimum absolute atomic E-state index is 0.0469. The smallest absolute Gasteiger partial charge is 0.320 e. The second kappa shape index (κ2) is 12.1. The summed E-state index contributed by atoms with van der Waals surface area (Å²) in [6.07, 6.45) is 3.53. The Bertz CT molecular complexity index is 1590. The molecule has 2 aromatic carbocycles. The van der Waals surface area contributed by atoms with Crippen molar-refractivity contribution in [1.82, 2.24) is 29.8 Å². The third-order valence-corrected chi connectivity index (χ3v) is 7.46. The molecule has 4 N–H and O–H groups in total. The van der Waals surface area contributed by atoms with E-state index in [9.17, 15) is 18.4 Å². The van der Waals surface area contributed by atoms with Gasteiger partial charge in [-0.25, -0.2) is 18.3 Å². The molecule has 3 atom stereocenters.